The van der Waals surface area contributed by atoms with E-state index in [1.807, 2.05) is 0 Å². The fourth-order valence-corrected chi connectivity index (χ4v) is 3.99. The number of nitrogens with zero attached hydrogens (tertiary/aromatic N) is 3. The van der Waals surface area contributed by atoms with Gasteiger partial charge in [0, 0.05) is 17.7 Å². The maximum Gasteiger partial charge on any atom is 0.329 e. The smallest absolute Gasteiger partial charge is 0.303 e. The molecule has 0 radical (unpaired) electrons. The van der Waals surface area contributed by atoms with Crippen molar-refractivity contribution in [3.63, 3.8) is 0 Å². The number of hydrogen-bond donors (Lipinski definition) is 2. The van der Waals surface area contributed by atoms with Crippen LogP contribution in [0.4, 0.5) is 19.3 Å². The molecule has 190 valence electrons. The van der Waals surface area contributed by atoms with Crippen LogP contribution in [-0.4, -0.2) is 31.5 Å². The van der Waals surface area contributed by atoms with Crippen LogP contribution in [0.15, 0.2) is 83.3 Å². The Balaban J connectivity index is 1.55. The zero-order valence-corrected chi connectivity index (χ0v) is 19.4. The number of hydrogen-bond acceptors (Lipinski definition) is 5. The molecule has 1 aliphatic heterocycles. The van der Waals surface area contributed by atoms with Crippen molar-refractivity contribution in [2.45, 2.75) is 6.54 Å². The maximum absolute atomic E-state index is 13.6. The predicted octanol–water partition coefficient (Wildman–Crippen LogP) is 4.11. The summed E-state index contributed by atoms with van der Waals surface area (Å²) in [5.74, 6) is -2.94. The van der Waals surface area contributed by atoms with E-state index in [9.17, 15) is 33.3 Å². The molecule has 0 aliphatic carbocycles. The third-order valence-electron chi connectivity index (χ3n) is 5.88. The number of nitro benzene ring substituents is 1. The second-order valence-electron chi connectivity index (χ2n) is 8.31. The monoisotopic (exact) mass is 517 g/mol. The zero-order chi connectivity index (χ0) is 27.0. The number of amides is 3. The highest BCUT2D eigenvalue weighted by Crippen LogP contribution is 2.25. The number of benzene rings is 3. The molecule has 5 rings (SSSR count). The molecule has 3 amide bonds. The molecule has 1 saturated heterocycles. The lowest BCUT2D eigenvalue weighted by atomic mass is 10.1. The van der Waals surface area contributed by atoms with Gasteiger partial charge < -0.3 is 5.32 Å². The highest BCUT2D eigenvalue weighted by atomic mass is 19.2. The van der Waals surface area contributed by atoms with Gasteiger partial charge in [0.2, 0.25) is 0 Å². The van der Waals surface area contributed by atoms with E-state index >= 15 is 0 Å². The number of urea groups is 1. The van der Waals surface area contributed by atoms with Gasteiger partial charge in [-0.1, -0.05) is 36.4 Å². The molecule has 0 spiro atoms. The molecule has 0 unspecified atom stereocenters. The van der Waals surface area contributed by atoms with E-state index in [2.05, 4.69) is 10.4 Å². The Morgan fingerprint density at radius 2 is 1.63 bits per heavy atom. The highest BCUT2D eigenvalue weighted by Gasteiger charge is 2.34. The topological polar surface area (TPSA) is 130 Å². The second kappa shape index (κ2) is 9.58. The summed E-state index contributed by atoms with van der Waals surface area (Å²) in [5, 5.41) is 16.4. The van der Waals surface area contributed by atoms with Crippen LogP contribution in [-0.2, 0) is 11.3 Å². The van der Waals surface area contributed by atoms with Gasteiger partial charge in [0.05, 0.1) is 28.4 Å². The number of nitrogens with one attached hydrogen (secondary N) is 2. The molecule has 1 fully saturated rings. The quantitative estimate of drug-likeness (QED) is 0.172. The van der Waals surface area contributed by atoms with Crippen LogP contribution in [0.1, 0.15) is 11.1 Å². The Morgan fingerprint density at radius 1 is 0.921 bits per heavy atom. The van der Waals surface area contributed by atoms with Crippen LogP contribution in [0.2, 0.25) is 0 Å². The van der Waals surface area contributed by atoms with Crippen LogP contribution in [0, 0.1) is 21.7 Å². The number of non-ortho nitro benzene ring substituents is 1. The summed E-state index contributed by atoms with van der Waals surface area (Å²) in [4.78, 5) is 50.3. The lowest BCUT2D eigenvalue weighted by Gasteiger charge is -2.11. The van der Waals surface area contributed by atoms with Gasteiger partial charge in [-0.3, -0.25) is 29.7 Å². The molecule has 0 atom stereocenters. The summed E-state index contributed by atoms with van der Waals surface area (Å²) >= 11 is 0. The van der Waals surface area contributed by atoms with Crippen LogP contribution in [0.5, 0.6) is 0 Å². The molecule has 0 saturated carbocycles. The normalized spacial score (nSPS) is 14.3. The largest absolute Gasteiger partial charge is 0.329 e. The Labute approximate surface area is 212 Å². The molecule has 38 heavy (non-hydrogen) atoms. The predicted molar refractivity (Wildman–Crippen MR) is 132 cm³/mol. The Bertz CT molecular complexity index is 1680. The van der Waals surface area contributed by atoms with Crippen molar-refractivity contribution >= 4 is 23.7 Å². The van der Waals surface area contributed by atoms with Crippen molar-refractivity contribution in [2.75, 3.05) is 0 Å². The van der Waals surface area contributed by atoms with Crippen molar-refractivity contribution in [2.24, 2.45) is 0 Å². The summed E-state index contributed by atoms with van der Waals surface area (Å²) in [6, 6.07) is 16.3. The Morgan fingerprint density at radius 3 is 2.29 bits per heavy atom. The number of rotatable bonds is 6. The van der Waals surface area contributed by atoms with E-state index < -0.39 is 34.1 Å². The second-order valence-corrected chi connectivity index (χ2v) is 8.31. The number of aromatic amines is 1. The number of carbonyl (C=O) groups is 2. The van der Waals surface area contributed by atoms with Gasteiger partial charge in [0.15, 0.2) is 11.6 Å². The average Bonchev–Trinajstić information content (AvgIpc) is 3.37. The van der Waals surface area contributed by atoms with E-state index in [4.69, 9.17) is 0 Å². The Kier molecular flexibility index (Phi) is 6.13. The SMILES string of the molecule is O=C1NC(=Cc2c(-c3ccccc3)[nH]n(-c3ccc([N+](=O)[O-])cc3)c2=O)C(=O)N1Cc1ccc(F)c(F)c1. The summed E-state index contributed by atoms with van der Waals surface area (Å²) in [6.45, 7) is -0.315. The summed E-state index contributed by atoms with van der Waals surface area (Å²) in [6.07, 6.45) is 1.23. The lowest BCUT2D eigenvalue weighted by Crippen LogP contribution is -2.30. The van der Waals surface area contributed by atoms with Gasteiger partial charge >= 0.3 is 6.03 Å². The van der Waals surface area contributed by atoms with Crippen molar-refractivity contribution in [1.82, 2.24) is 20.0 Å². The van der Waals surface area contributed by atoms with Crippen molar-refractivity contribution in [3.05, 3.63) is 122 Å². The van der Waals surface area contributed by atoms with Crippen molar-refractivity contribution in [1.29, 1.82) is 0 Å². The van der Waals surface area contributed by atoms with E-state index in [-0.39, 0.29) is 29.1 Å². The molecular weight excluding hydrogens is 500 g/mol. The van der Waals surface area contributed by atoms with E-state index in [1.54, 1.807) is 30.3 Å². The molecule has 3 aromatic carbocycles. The summed E-state index contributed by atoms with van der Waals surface area (Å²) in [7, 11) is 0. The number of H-pyrrole nitrogens is 1. The van der Waals surface area contributed by atoms with Gasteiger partial charge in [0.1, 0.15) is 5.70 Å². The van der Waals surface area contributed by atoms with Gasteiger partial charge in [-0.2, -0.15) is 0 Å². The van der Waals surface area contributed by atoms with E-state index in [0.29, 0.717) is 16.9 Å². The van der Waals surface area contributed by atoms with Crippen molar-refractivity contribution < 1.29 is 23.3 Å². The number of imide groups is 1. The number of halogens is 2. The summed E-state index contributed by atoms with van der Waals surface area (Å²) in [5.41, 5.74) is 0.570. The van der Waals surface area contributed by atoms with Gasteiger partial charge in [-0.15, -0.1) is 0 Å². The van der Waals surface area contributed by atoms with E-state index in [1.165, 1.54) is 41.1 Å². The molecule has 1 aliphatic rings. The first-order valence-corrected chi connectivity index (χ1v) is 11.2. The van der Waals surface area contributed by atoms with Gasteiger partial charge in [-0.25, -0.2) is 18.3 Å². The molecular formula is C26H17F2N5O5. The molecule has 2 N–H and O–H groups in total. The number of nitro groups is 1. The first kappa shape index (κ1) is 24.3. The first-order valence-electron chi connectivity index (χ1n) is 11.2. The third kappa shape index (κ3) is 4.46. The van der Waals surface area contributed by atoms with Crippen LogP contribution < -0.4 is 10.9 Å². The molecule has 12 heteroatoms. The minimum absolute atomic E-state index is 0.0490. The zero-order valence-electron chi connectivity index (χ0n) is 19.4. The first-order chi connectivity index (χ1) is 18.2. The maximum atomic E-state index is 13.6. The minimum Gasteiger partial charge on any atom is -0.303 e. The fraction of sp³-hybridized carbons (Fsp3) is 0.0385. The third-order valence-corrected chi connectivity index (χ3v) is 5.88. The van der Waals surface area contributed by atoms with Gasteiger partial charge in [-0.05, 0) is 35.9 Å². The van der Waals surface area contributed by atoms with Gasteiger partial charge in [0.25, 0.3) is 17.2 Å². The van der Waals surface area contributed by atoms with Crippen LogP contribution in [0.3, 0.4) is 0 Å². The molecule has 10 nitrogen and oxygen atoms in total. The average molecular weight is 517 g/mol. The highest BCUT2D eigenvalue weighted by molar-refractivity contribution is 6.14. The standard InChI is InChI=1S/C26H17F2N5O5/c27-20-11-6-15(12-21(20)28)14-31-25(35)22(29-26(31)36)13-19-23(16-4-2-1-3-5-16)30-32(24(19)34)17-7-9-18(10-8-17)33(37)38/h1-13,30H,14H2,(H,29,36). The molecule has 0 bridgehead atoms. The minimum atomic E-state index is -1.11. The van der Waals surface area contributed by atoms with Crippen LogP contribution >= 0.6 is 0 Å². The Hall–Kier alpha value is -5.39. The number of aromatic nitrogens is 2. The summed E-state index contributed by atoms with van der Waals surface area (Å²) < 4.78 is 28.0. The molecule has 2 heterocycles. The number of carbonyl (C=O) groups excluding carboxylic acids is 2. The van der Waals surface area contributed by atoms with Crippen molar-refractivity contribution in [3.8, 4) is 16.9 Å². The van der Waals surface area contributed by atoms with E-state index in [0.717, 1.165) is 17.0 Å². The fourth-order valence-electron chi connectivity index (χ4n) is 3.99. The lowest BCUT2D eigenvalue weighted by molar-refractivity contribution is -0.384. The molecule has 4 aromatic rings. The van der Waals surface area contributed by atoms with Crippen LogP contribution in [0.25, 0.3) is 23.0 Å². The molecule has 1 aromatic heterocycles.